The molecule has 1 aliphatic rings. The normalized spacial score (nSPS) is 17.6. The van der Waals surface area contributed by atoms with Crippen LogP contribution in [0, 0.1) is 6.92 Å². The number of H-pyrrole nitrogens is 1. The van der Waals surface area contributed by atoms with Gasteiger partial charge in [0.1, 0.15) is 5.82 Å². The van der Waals surface area contributed by atoms with Crippen LogP contribution in [0.5, 0.6) is 0 Å². The molecule has 0 saturated carbocycles. The van der Waals surface area contributed by atoms with E-state index in [0.717, 1.165) is 37.2 Å². The maximum Gasteiger partial charge on any atom is 0.266 e. The standard InChI is InChI=1S/C18H19N5O2/c1-12-19-15(10-16(24)20-12)14-8-5-9-23(11-14)18-21-17(25-22-18)13-6-3-2-4-7-13/h2-4,6-7,10,14H,5,8-9,11H2,1H3,(H,19,20,24)/t14-/m0/s1. The summed E-state index contributed by atoms with van der Waals surface area (Å²) in [6.45, 7) is 3.40. The first-order valence-electron chi connectivity index (χ1n) is 8.41. The van der Waals surface area contributed by atoms with E-state index in [1.165, 1.54) is 0 Å². The van der Waals surface area contributed by atoms with E-state index in [-0.39, 0.29) is 11.5 Å². The predicted molar refractivity (Wildman–Crippen MR) is 93.5 cm³/mol. The van der Waals surface area contributed by atoms with Gasteiger partial charge in [-0.2, -0.15) is 4.98 Å². The highest BCUT2D eigenvalue weighted by Crippen LogP contribution is 2.28. The van der Waals surface area contributed by atoms with Crippen LogP contribution < -0.4 is 10.5 Å². The summed E-state index contributed by atoms with van der Waals surface area (Å²) in [5, 5.41) is 4.13. The lowest BCUT2D eigenvalue weighted by Crippen LogP contribution is -2.35. The number of nitrogens with one attached hydrogen (secondary N) is 1. The maximum absolute atomic E-state index is 11.7. The van der Waals surface area contributed by atoms with E-state index in [1.54, 1.807) is 13.0 Å². The minimum Gasteiger partial charge on any atom is -0.338 e. The number of nitrogens with zero attached hydrogens (tertiary/aromatic N) is 4. The number of aromatic amines is 1. The van der Waals surface area contributed by atoms with Gasteiger partial charge in [-0.1, -0.05) is 18.2 Å². The molecular weight excluding hydrogens is 318 g/mol. The van der Waals surface area contributed by atoms with E-state index in [1.807, 2.05) is 30.3 Å². The van der Waals surface area contributed by atoms with E-state index in [0.29, 0.717) is 17.7 Å². The summed E-state index contributed by atoms with van der Waals surface area (Å²) < 4.78 is 5.41. The number of rotatable bonds is 3. The Morgan fingerprint density at radius 1 is 1.24 bits per heavy atom. The second-order valence-electron chi connectivity index (χ2n) is 6.31. The molecule has 1 atom stereocenters. The highest BCUT2D eigenvalue weighted by atomic mass is 16.5. The van der Waals surface area contributed by atoms with E-state index in [2.05, 4.69) is 25.0 Å². The van der Waals surface area contributed by atoms with Crippen molar-refractivity contribution in [3.63, 3.8) is 0 Å². The number of benzene rings is 1. The van der Waals surface area contributed by atoms with Crippen LogP contribution in [0.2, 0.25) is 0 Å². The van der Waals surface area contributed by atoms with Gasteiger partial charge >= 0.3 is 0 Å². The van der Waals surface area contributed by atoms with Crippen LogP contribution in [-0.4, -0.2) is 33.2 Å². The molecule has 1 saturated heterocycles. The summed E-state index contributed by atoms with van der Waals surface area (Å²) in [6, 6.07) is 11.3. The Balaban J connectivity index is 1.55. The lowest BCUT2D eigenvalue weighted by molar-refractivity contribution is 0.422. The summed E-state index contributed by atoms with van der Waals surface area (Å²) in [6.07, 6.45) is 1.99. The molecule has 1 fully saturated rings. The van der Waals surface area contributed by atoms with E-state index < -0.39 is 0 Å². The summed E-state index contributed by atoms with van der Waals surface area (Å²) in [7, 11) is 0. The van der Waals surface area contributed by atoms with Crippen molar-refractivity contribution in [1.29, 1.82) is 0 Å². The molecule has 7 nitrogen and oxygen atoms in total. The zero-order valence-corrected chi connectivity index (χ0v) is 14.0. The van der Waals surface area contributed by atoms with Crippen LogP contribution in [-0.2, 0) is 0 Å². The Bertz CT molecular complexity index is 918. The fourth-order valence-electron chi connectivity index (χ4n) is 3.25. The topological polar surface area (TPSA) is 87.9 Å². The Kier molecular flexibility index (Phi) is 4.05. The van der Waals surface area contributed by atoms with Crippen molar-refractivity contribution in [1.82, 2.24) is 20.1 Å². The van der Waals surface area contributed by atoms with Gasteiger partial charge in [0.25, 0.3) is 17.4 Å². The number of piperidine rings is 1. The summed E-state index contributed by atoms with van der Waals surface area (Å²) in [5.41, 5.74) is 1.63. The van der Waals surface area contributed by atoms with Crippen LogP contribution in [0.25, 0.3) is 11.5 Å². The number of aromatic nitrogens is 4. The van der Waals surface area contributed by atoms with Crippen LogP contribution in [0.4, 0.5) is 5.95 Å². The van der Waals surface area contributed by atoms with E-state index in [9.17, 15) is 4.79 Å². The molecule has 0 amide bonds. The van der Waals surface area contributed by atoms with Gasteiger partial charge in [0, 0.05) is 30.6 Å². The van der Waals surface area contributed by atoms with Crippen LogP contribution in [0.15, 0.2) is 45.7 Å². The van der Waals surface area contributed by atoms with Crippen molar-refractivity contribution in [3.05, 3.63) is 58.3 Å². The second-order valence-corrected chi connectivity index (χ2v) is 6.31. The predicted octanol–water partition coefficient (Wildman–Crippen LogP) is 2.51. The molecular formula is C18H19N5O2. The van der Waals surface area contributed by atoms with Gasteiger partial charge in [-0.05, 0) is 37.1 Å². The molecule has 25 heavy (non-hydrogen) atoms. The van der Waals surface area contributed by atoms with Crippen molar-refractivity contribution in [3.8, 4) is 11.5 Å². The third kappa shape index (κ3) is 3.31. The van der Waals surface area contributed by atoms with Crippen LogP contribution in [0.1, 0.15) is 30.3 Å². The quantitative estimate of drug-likeness (QED) is 0.790. The fourth-order valence-corrected chi connectivity index (χ4v) is 3.25. The fraction of sp³-hybridized carbons (Fsp3) is 0.333. The molecule has 7 heteroatoms. The number of aryl methyl sites for hydroxylation is 1. The molecule has 0 unspecified atom stereocenters. The largest absolute Gasteiger partial charge is 0.338 e. The van der Waals surface area contributed by atoms with Gasteiger partial charge in [0.15, 0.2) is 0 Å². The lowest BCUT2D eigenvalue weighted by Gasteiger charge is -2.31. The molecule has 1 aromatic carbocycles. The van der Waals surface area contributed by atoms with Crippen molar-refractivity contribution in [2.75, 3.05) is 18.0 Å². The molecule has 0 bridgehead atoms. The summed E-state index contributed by atoms with van der Waals surface area (Å²) in [4.78, 5) is 25.5. The van der Waals surface area contributed by atoms with Gasteiger partial charge < -0.3 is 14.4 Å². The SMILES string of the molecule is Cc1nc([C@H]2CCCN(c3noc(-c4ccccc4)n3)C2)cc(=O)[nH]1. The molecule has 2 aromatic heterocycles. The third-order valence-corrected chi connectivity index (χ3v) is 4.44. The Morgan fingerprint density at radius 3 is 2.88 bits per heavy atom. The Morgan fingerprint density at radius 2 is 2.08 bits per heavy atom. The molecule has 0 aliphatic carbocycles. The maximum atomic E-state index is 11.7. The van der Waals surface area contributed by atoms with Crippen molar-refractivity contribution in [2.45, 2.75) is 25.7 Å². The van der Waals surface area contributed by atoms with Gasteiger partial charge in [-0.15, -0.1) is 0 Å². The monoisotopic (exact) mass is 337 g/mol. The first-order chi connectivity index (χ1) is 12.2. The first-order valence-corrected chi connectivity index (χ1v) is 8.41. The number of hydrogen-bond acceptors (Lipinski definition) is 6. The van der Waals surface area contributed by atoms with Gasteiger partial charge in [0.05, 0.1) is 5.69 Å². The molecule has 1 aliphatic heterocycles. The molecule has 0 radical (unpaired) electrons. The minimum absolute atomic E-state index is 0.106. The summed E-state index contributed by atoms with van der Waals surface area (Å²) in [5.74, 6) is 1.94. The third-order valence-electron chi connectivity index (χ3n) is 4.44. The van der Waals surface area contributed by atoms with Gasteiger partial charge in [0.2, 0.25) is 0 Å². The highest BCUT2D eigenvalue weighted by Gasteiger charge is 2.26. The minimum atomic E-state index is -0.106. The average molecular weight is 337 g/mol. The Hall–Kier alpha value is -2.96. The molecule has 128 valence electrons. The van der Waals surface area contributed by atoms with E-state index in [4.69, 9.17) is 4.52 Å². The van der Waals surface area contributed by atoms with Crippen LogP contribution in [0.3, 0.4) is 0 Å². The van der Waals surface area contributed by atoms with Gasteiger partial charge in [-0.3, -0.25) is 4.79 Å². The lowest BCUT2D eigenvalue weighted by atomic mass is 9.94. The average Bonchev–Trinajstić information content (AvgIpc) is 3.12. The van der Waals surface area contributed by atoms with Crippen molar-refractivity contribution < 1.29 is 4.52 Å². The molecule has 0 spiro atoms. The zero-order valence-electron chi connectivity index (χ0n) is 14.0. The molecule has 3 heterocycles. The van der Waals surface area contributed by atoms with Crippen molar-refractivity contribution in [2.24, 2.45) is 0 Å². The summed E-state index contributed by atoms with van der Waals surface area (Å²) >= 11 is 0. The van der Waals surface area contributed by atoms with Crippen molar-refractivity contribution >= 4 is 5.95 Å². The number of hydrogen-bond donors (Lipinski definition) is 1. The highest BCUT2D eigenvalue weighted by molar-refractivity contribution is 5.54. The van der Waals surface area contributed by atoms with Gasteiger partial charge in [-0.25, -0.2) is 4.98 Å². The zero-order chi connectivity index (χ0) is 17.2. The first kappa shape index (κ1) is 15.6. The number of anilines is 1. The Labute approximate surface area is 144 Å². The molecule has 3 aromatic rings. The van der Waals surface area contributed by atoms with Crippen LogP contribution >= 0.6 is 0 Å². The second kappa shape index (κ2) is 6.51. The molecule has 1 N–H and O–H groups in total. The van der Waals surface area contributed by atoms with E-state index >= 15 is 0 Å². The smallest absolute Gasteiger partial charge is 0.266 e. The molecule has 4 rings (SSSR count).